The Morgan fingerprint density at radius 1 is 1.36 bits per heavy atom. The van der Waals surface area contributed by atoms with Gasteiger partial charge in [-0.2, -0.15) is 0 Å². The van der Waals surface area contributed by atoms with Gasteiger partial charge in [0, 0.05) is 0 Å². The Labute approximate surface area is 86.9 Å². The number of hydrogen-bond donors (Lipinski definition) is 2. The molecule has 0 aliphatic rings. The van der Waals surface area contributed by atoms with E-state index < -0.39 is 5.97 Å². The van der Waals surface area contributed by atoms with Crippen molar-refractivity contribution in [3.63, 3.8) is 0 Å². The van der Waals surface area contributed by atoms with Gasteiger partial charge >= 0.3 is 5.97 Å². The van der Waals surface area contributed by atoms with Gasteiger partial charge in [0.1, 0.15) is 0 Å². The zero-order chi connectivity index (χ0) is 10.7. The first kappa shape index (κ1) is 10.7. The molecule has 1 N–H and O–H groups in total. The third-order valence-corrected chi connectivity index (χ3v) is 2.04. The summed E-state index contributed by atoms with van der Waals surface area (Å²) in [6.07, 6.45) is 0. The van der Waals surface area contributed by atoms with Gasteiger partial charge in [0.25, 0.3) is 0 Å². The van der Waals surface area contributed by atoms with E-state index in [-0.39, 0.29) is 5.56 Å². The lowest BCUT2D eigenvalue weighted by atomic mass is 10.2. The first-order valence-corrected chi connectivity index (χ1v) is 4.23. The molecule has 0 amide bonds. The smallest absolute Gasteiger partial charge is 0.335 e. The van der Waals surface area contributed by atoms with Crippen LogP contribution in [0.2, 0.25) is 0 Å². The molecular formula is C9H10O4S. The lowest BCUT2D eigenvalue weighted by Crippen LogP contribution is -1.99. The second kappa shape index (κ2) is 4.23. The number of rotatable bonds is 3. The average Bonchev–Trinajstić information content (AvgIpc) is 2.16. The molecule has 0 radical (unpaired) electrons. The first-order valence-electron chi connectivity index (χ1n) is 3.78. The van der Waals surface area contributed by atoms with Gasteiger partial charge in [-0.25, -0.2) is 4.79 Å². The van der Waals surface area contributed by atoms with E-state index in [0.29, 0.717) is 16.4 Å². The number of aromatic carboxylic acids is 1. The number of carboxylic acids is 1. The van der Waals surface area contributed by atoms with Crippen LogP contribution in [0.4, 0.5) is 0 Å². The monoisotopic (exact) mass is 214 g/mol. The number of hydrogen-bond acceptors (Lipinski definition) is 4. The van der Waals surface area contributed by atoms with Gasteiger partial charge < -0.3 is 14.6 Å². The van der Waals surface area contributed by atoms with Crippen LogP contribution in [0.3, 0.4) is 0 Å². The lowest BCUT2D eigenvalue weighted by Gasteiger charge is -2.10. The van der Waals surface area contributed by atoms with Crippen molar-refractivity contribution in [1.82, 2.24) is 0 Å². The number of benzene rings is 1. The van der Waals surface area contributed by atoms with Crippen LogP contribution >= 0.6 is 12.6 Å². The standard InChI is InChI=1S/C9H10O4S/c1-12-6-3-5(9(10)11)4-7(14)8(6)13-2/h3-4,14H,1-2H3,(H,10,11). The predicted molar refractivity (Wildman–Crippen MR) is 53.8 cm³/mol. The van der Waals surface area contributed by atoms with Gasteiger partial charge in [-0.3, -0.25) is 0 Å². The molecule has 4 nitrogen and oxygen atoms in total. The molecule has 1 rings (SSSR count). The Hall–Kier alpha value is -1.36. The number of carboxylic acid groups (broad SMARTS) is 1. The second-order valence-electron chi connectivity index (χ2n) is 2.54. The Morgan fingerprint density at radius 3 is 2.43 bits per heavy atom. The summed E-state index contributed by atoms with van der Waals surface area (Å²) >= 11 is 4.10. The van der Waals surface area contributed by atoms with Crippen molar-refractivity contribution in [3.8, 4) is 11.5 Å². The highest BCUT2D eigenvalue weighted by Gasteiger charge is 2.13. The molecule has 1 aromatic carbocycles. The van der Waals surface area contributed by atoms with Crippen LogP contribution in [0, 0.1) is 0 Å². The second-order valence-corrected chi connectivity index (χ2v) is 3.02. The molecule has 0 atom stereocenters. The number of ether oxygens (including phenoxy) is 2. The van der Waals surface area contributed by atoms with Crippen LogP contribution < -0.4 is 9.47 Å². The lowest BCUT2D eigenvalue weighted by molar-refractivity contribution is 0.0696. The third kappa shape index (κ3) is 1.93. The molecule has 0 unspecified atom stereocenters. The maximum Gasteiger partial charge on any atom is 0.335 e. The molecule has 0 aromatic heterocycles. The van der Waals surface area contributed by atoms with Crippen molar-refractivity contribution in [2.45, 2.75) is 4.90 Å². The van der Waals surface area contributed by atoms with Crippen molar-refractivity contribution in [2.24, 2.45) is 0 Å². The van der Waals surface area contributed by atoms with E-state index in [1.54, 1.807) is 0 Å². The van der Waals surface area contributed by atoms with Gasteiger partial charge in [0.15, 0.2) is 11.5 Å². The molecule has 0 aliphatic carbocycles. The third-order valence-electron chi connectivity index (χ3n) is 1.71. The molecule has 14 heavy (non-hydrogen) atoms. The van der Waals surface area contributed by atoms with Gasteiger partial charge in [-0.05, 0) is 12.1 Å². The summed E-state index contributed by atoms with van der Waals surface area (Å²) in [5, 5.41) is 8.76. The van der Waals surface area contributed by atoms with E-state index in [9.17, 15) is 4.79 Å². The fourth-order valence-corrected chi connectivity index (χ4v) is 1.41. The van der Waals surface area contributed by atoms with Crippen LogP contribution in [0.25, 0.3) is 0 Å². The molecule has 0 heterocycles. The topological polar surface area (TPSA) is 55.8 Å². The van der Waals surface area contributed by atoms with Crippen molar-refractivity contribution in [1.29, 1.82) is 0 Å². The Kier molecular flexibility index (Phi) is 3.24. The Bertz CT molecular complexity index is 362. The van der Waals surface area contributed by atoms with Crippen LogP contribution in [-0.4, -0.2) is 25.3 Å². The fraction of sp³-hybridized carbons (Fsp3) is 0.222. The minimum atomic E-state index is -1.03. The molecule has 5 heteroatoms. The minimum Gasteiger partial charge on any atom is -0.493 e. The highest BCUT2D eigenvalue weighted by atomic mass is 32.1. The van der Waals surface area contributed by atoms with Crippen molar-refractivity contribution < 1.29 is 19.4 Å². The van der Waals surface area contributed by atoms with Crippen LogP contribution in [0.5, 0.6) is 11.5 Å². The molecule has 0 aliphatic heterocycles. The van der Waals surface area contributed by atoms with Crippen molar-refractivity contribution in [2.75, 3.05) is 14.2 Å². The zero-order valence-electron chi connectivity index (χ0n) is 7.77. The molecule has 0 saturated heterocycles. The molecular weight excluding hydrogens is 204 g/mol. The molecule has 0 fully saturated rings. The maximum atomic E-state index is 10.7. The fourth-order valence-electron chi connectivity index (χ4n) is 1.07. The molecule has 76 valence electrons. The summed E-state index contributed by atoms with van der Waals surface area (Å²) in [5.74, 6) is -0.237. The average molecular weight is 214 g/mol. The van der Waals surface area contributed by atoms with Gasteiger partial charge in [-0.15, -0.1) is 12.6 Å². The number of carbonyl (C=O) groups is 1. The Morgan fingerprint density at radius 2 is 2.00 bits per heavy atom. The minimum absolute atomic E-state index is 0.118. The van der Waals surface area contributed by atoms with Crippen LogP contribution in [0.1, 0.15) is 10.4 Å². The SMILES string of the molecule is COc1cc(C(=O)O)cc(S)c1OC. The first-order chi connectivity index (χ1) is 6.60. The van der Waals surface area contributed by atoms with E-state index >= 15 is 0 Å². The van der Waals surface area contributed by atoms with E-state index in [2.05, 4.69) is 12.6 Å². The van der Waals surface area contributed by atoms with Gasteiger partial charge in [0.05, 0.1) is 24.7 Å². The summed E-state index contributed by atoms with van der Waals surface area (Å²) in [6.45, 7) is 0. The molecule has 0 saturated carbocycles. The van der Waals surface area contributed by atoms with Gasteiger partial charge in [-0.1, -0.05) is 0 Å². The van der Waals surface area contributed by atoms with Gasteiger partial charge in [0.2, 0.25) is 0 Å². The van der Waals surface area contributed by atoms with E-state index in [1.165, 1.54) is 26.4 Å². The van der Waals surface area contributed by atoms with E-state index in [4.69, 9.17) is 14.6 Å². The summed E-state index contributed by atoms with van der Waals surface area (Å²) in [4.78, 5) is 11.1. The normalized spacial score (nSPS) is 9.64. The van der Waals surface area contributed by atoms with Crippen molar-refractivity contribution >= 4 is 18.6 Å². The maximum absolute atomic E-state index is 10.7. The van der Waals surface area contributed by atoms with E-state index in [0.717, 1.165) is 0 Å². The highest BCUT2D eigenvalue weighted by Crippen LogP contribution is 2.34. The number of methoxy groups -OCH3 is 2. The van der Waals surface area contributed by atoms with Crippen LogP contribution in [0.15, 0.2) is 17.0 Å². The predicted octanol–water partition coefficient (Wildman–Crippen LogP) is 1.69. The molecule has 0 spiro atoms. The summed E-state index contributed by atoms with van der Waals surface area (Å²) < 4.78 is 9.98. The summed E-state index contributed by atoms with van der Waals surface area (Å²) in [6, 6.07) is 2.80. The zero-order valence-corrected chi connectivity index (χ0v) is 8.67. The summed E-state index contributed by atoms with van der Waals surface area (Å²) in [5.41, 5.74) is 0.118. The van der Waals surface area contributed by atoms with Crippen molar-refractivity contribution in [3.05, 3.63) is 17.7 Å². The molecule has 1 aromatic rings. The molecule has 0 bridgehead atoms. The van der Waals surface area contributed by atoms with Crippen LogP contribution in [-0.2, 0) is 0 Å². The Balaban J connectivity index is 3.31. The largest absolute Gasteiger partial charge is 0.493 e. The number of thiol groups is 1. The van der Waals surface area contributed by atoms with E-state index in [1.807, 2.05) is 0 Å². The quantitative estimate of drug-likeness (QED) is 0.752. The summed E-state index contributed by atoms with van der Waals surface area (Å²) in [7, 11) is 2.91. The highest BCUT2D eigenvalue weighted by molar-refractivity contribution is 7.80.